The molecule has 0 radical (unpaired) electrons. The summed E-state index contributed by atoms with van der Waals surface area (Å²) >= 11 is 0. The molecule has 1 N–H and O–H groups in total. The molecule has 0 aromatic heterocycles. The molecule has 1 rings (SSSR count). The van der Waals surface area contributed by atoms with Crippen molar-refractivity contribution in [2.45, 2.75) is 78.1 Å². The molecule has 0 saturated carbocycles. The van der Waals surface area contributed by atoms with Crippen LogP contribution in [0.5, 0.6) is 5.75 Å². The molecule has 0 bridgehead atoms. The van der Waals surface area contributed by atoms with Crippen molar-refractivity contribution in [2.24, 2.45) is 0 Å². The number of ether oxygens (including phenoxy) is 1. The Morgan fingerprint density at radius 2 is 1.48 bits per heavy atom. The smallest absolute Gasteiger partial charge is 0.330 e. The maximum absolute atomic E-state index is 11.5. The zero-order valence-corrected chi connectivity index (χ0v) is 16.9. The Hall–Kier alpha value is -1.77. The number of benzene rings is 1. The van der Waals surface area contributed by atoms with Gasteiger partial charge in [0.25, 0.3) is 0 Å². The summed E-state index contributed by atoms with van der Waals surface area (Å²) in [4.78, 5) is 11.5. The Bertz CT molecular complexity index is 585. The van der Waals surface area contributed by atoms with Crippen molar-refractivity contribution in [1.82, 2.24) is 0 Å². The SMILES string of the molecule is CCCC(C)(C)c1cc(C=CC(=O)OC)cc(C(C)(C)CCC)c1O. The zero-order chi connectivity index (χ0) is 19.3. The van der Waals surface area contributed by atoms with E-state index in [-0.39, 0.29) is 16.8 Å². The number of carbonyl (C=O) groups excluding carboxylic acids is 1. The summed E-state index contributed by atoms with van der Waals surface area (Å²) in [5.41, 5.74) is 2.54. The minimum absolute atomic E-state index is 0.134. The molecule has 140 valence electrons. The highest BCUT2D eigenvalue weighted by molar-refractivity contribution is 5.87. The number of rotatable bonds is 8. The van der Waals surface area contributed by atoms with Crippen LogP contribution in [-0.2, 0) is 20.4 Å². The van der Waals surface area contributed by atoms with Crippen LogP contribution in [0.1, 0.15) is 83.9 Å². The van der Waals surface area contributed by atoms with Crippen molar-refractivity contribution in [1.29, 1.82) is 0 Å². The summed E-state index contributed by atoms with van der Waals surface area (Å²) in [5, 5.41) is 11.0. The molecular weight excluding hydrogens is 312 g/mol. The second kappa shape index (κ2) is 8.55. The molecule has 0 spiro atoms. The van der Waals surface area contributed by atoms with Gasteiger partial charge in [0, 0.05) is 17.2 Å². The molecule has 0 aliphatic rings. The van der Waals surface area contributed by atoms with E-state index in [4.69, 9.17) is 4.74 Å². The number of carbonyl (C=O) groups is 1. The number of hydrogen-bond acceptors (Lipinski definition) is 3. The summed E-state index contributed by atoms with van der Waals surface area (Å²) in [5.74, 6) is 0.0175. The molecule has 3 nitrogen and oxygen atoms in total. The Kier molecular flexibility index (Phi) is 7.28. The predicted molar refractivity (Wildman–Crippen MR) is 105 cm³/mol. The molecule has 0 amide bonds. The van der Waals surface area contributed by atoms with E-state index in [0.717, 1.165) is 42.4 Å². The van der Waals surface area contributed by atoms with Gasteiger partial charge in [0.05, 0.1) is 7.11 Å². The van der Waals surface area contributed by atoms with Crippen LogP contribution in [0.25, 0.3) is 6.08 Å². The Labute approximate surface area is 153 Å². The lowest BCUT2D eigenvalue weighted by atomic mass is 9.73. The first-order chi connectivity index (χ1) is 11.6. The fourth-order valence-electron chi connectivity index (χ4n) is 3.54. The first kappa shape index (κ1) is 21.3. The van der Waals surface area contributed by atoms with Gasteiger partial charge in [-0.3, -0.25) is 0 Å². The Morgan fingerprint density at radius 1 is 1.04 bits per heavy atom. The molecule has 0 aliphatic heterocycles. The van der Waals surface area contributed by atoms with Crippen LogP contribution in [-0.4, -0.2) is 18.2 Å². The quantitative estimate of drug-likeness (QED) is 0.483. The number of phenols is 1. The van der Waals surface area contributed by atoms with E-state index in [1.54, 1.807) is 6.08 Å². The van der Waals surface area contributed by atoms with E-state index in [0.29, 0.717) is 5.75 Å². The van der Waals surface area contributed by atoms with Gasteiger partial charge in [-0.05, 0) is 47.4 Å². The third kappa shape index (κ3) is 5.35. The first-order valence-corrected chi connectivity index (χ1v) is 9.23. The Balaban J connectivity index is 3.56. The van der Waals surface area contributed by atoms with E-state index in [1.165, 1.54) is 13.2 Å². The highest BCUT2D eigenvalue weighted by Gasteiger charge is 2.30. The molecule has 0 atom stereocenters. The number of esters is 1. The van der Waals surface area contributed by atoms with Crippen molar-refractivity contribution in [3.8, 4) is 5.75 Å². The fraction of sp³-hybridized carbons (Fsp3) is 0.591. The molecule has 3 heteroatoms. The van der Waals surface area contributed by atoms with Crippen molar-refractivity contribution in [2.75, 3.05) is 7.11 Å². The number of methoxy groups -OCH3 is 1. The van der Waals surface area contributed by atoms with Crippen LogP contribution in [0.3, 0.4) is 0 Å². The van der Waals surface area contributed by atoms with Crippen LogP contribution >= 0.6 is 0 Å². The molecule has 0 aliphatic carbocycles. The maximum Gasteiger partial charge on any atom is 0.330 e. The van der Waals surface area contributed by atoms with Crippen LogP contribution in [0.2, 0.25) is 0 Å². The lowest BCUT2D eigenvalue weighted by molar-refractivity contribution is -0.134. The lowest BCUT2D eigenvalue weighted by Crippen LogP contribution is -2.22. The second-order valence-corrected chi connectivity index (χ2v) is 8.09. The normalized spacial score (nSPS) is 12.6. The molecule has 1 aromatic carbocycles. The Morgan fingerprint density at radius 3 is 1.84 bits per heavy atom. The van der Waals surface area contributed by atoms with Crippen LogP contribution in [0.15, 0.2) is 18.2 Å². The van der Waals surface area contributed by atoms with Gasteiger partial charge in [-0.15, -0.1) is 0 Å². The van der Waals surface area contributed by atoms with Gasteiger partial charge in [0.15, 0.2) is 0 Å². The fourth-order valence-corrected chi connectivity index (χ4v) is 3.54. The highest BCUT2D eigenvalue weighted by atomic mass is 16.5. The number of phenolic OH excluding ortho intramolecular Hbond substituents is 1. The molecule has 0 fully saturated rings. The minimum Gasteiger partial charge on any atom is -0.507 e. The molecule has 0 unspecified atom stereocenters. The van der Waals surface area contributed by atoms with Crippen LogP contribution < -0.4 is 0 Å². The number of aromatic hydroxyl groups is 1. The summed E-state index contributed by atoms with van der Waals surface area (Å²) in [7, 11) is 1.37. The third-order valence-electron chi connectivity index (χ3n) is 4.95. The van der Waals surface area contributed by atoms with Gasteiger partial charge in [-0.1, -0.05) is 54.4 Å². The first-order valence-electron chi connectivity index (χ1n) is 9.23. The molecular formula is C22H34O3. The van der Waals surface area contributed by atoms with Crippen molar-refractivity contribution in [3.63, 3.8) is 0 Å². The summed E-state index contributed by atoms with van der Waals surface area (Å²) < 4.78 is 4.69. The number of hydrogen-bond donors (Lipinski definition) is 1. The average Bonchev–Trinajstić information content (AvgIpc) is 2.52. The maximum atomic E-state index is 11.5. The van der Waals surface area contributed by atoms with E-state index < -0.39 is 0 Å². The molecule has 0 heterocycles. The summed E-state index contributed by atoms with van der Waals surface area (Å²) in [6.45, 7) is 13.0. The zero-order valence-electron chi connectivity index (χ0n) is 16.9. The van der Waals surface area contributed by atoms with E-state index >= 15 is 0 Å². The second-order valence-electron chi connectivity index (χ2n) is 8.09. The average molecular weight is 347 g/mol. The van der Waals surface area contributed by atoms with Gasteiger partial charge < -0.3 is 9.84 Å². The minimum atomic E-state index is -0.378. The van der Waals surface area contributed by atoms with Gasteiger partial charge in [-0.25, -0.2) is 4.79 Å². The largest absolute Gasteiger partial charge is 0.507 e. The summed E-state index contributed by atoms with van der Waals surface area (Å²) in [6.07, 6.45) is 7.25. The third-order valence-corrected chi connectivity index (χ3v) is 4.95. The lowest BCUT2D eigenvalue weighted by Gasteiger charge is -2.32. The predicted octanol–water partition coefficient (Wildman–Crippen LogP) is 5.73. The van der Waals surface area contributed by atoms with Gasteiger partial charge in [-0.2, -0.15) is 0 Å². The molecule has 0 saturated heterocycles. The van der Waals surface area contributed by atoms with Crippen molar-refractivity contribution in [3.05, 3.63) is 34.9 Å². The van der Waals surface area contributed by atoms with Gasteiger partial charge >= 0.3 is 5.97 Å². The van der Waals surface area contributed by atoms with Crippen molar-refractivity contribution >= 4 is 12.0 Å². The van der Waals surface area contributed by atoms with Gasteiger partial charge in [0.2, 0.25) is 0 Å². The summed E-state index contributed by atoms with van der Waals surface area (Å²) in [6, 6.07) is 3.99. The molecule has 25 heavy (non-hydrogen) atoms. The van der Waals surface area contributed by atoms with Crippen LogP contribution in [0.4, 0.5) is 0 Å². The van der Waals surface area contributed by atoms with E-state index in [2.05, 4.69) is 41.5 Å². The van der Waals surface area contributed by atoms with E-state index in [1.807, 2.05) is 12.1 Å². The monoisotopic (exact) mass is 346 g/mol. The van der Waals surface area contributed by atoms with E-state index in [9.17, 15) is 9.90 Å². The van der Waals surface area contributed by atoms with Gasteiger partial charge in [0.1, 0.15) is 5.75 Å². The van der Waals surface area contributed by atoms with Crippen LogP contribution in [0, 0.1) is 0 Å². The standard InChI is InChI=1S/C22H34O3/c1-8-12-21(3,4)17-14-16(10-11-19(23)25-7)15-18(20(17)24)22(5,6)13-9-2/h10-11,14-15,24H,8-9,12-13H2,1-7H3. The highest BCUT2D eigenvalue weighted by Crippen LogP contribution is 2.43. The van der Waals surface area contributed by atoms with Crippen molar-refractivity contribution < 1.29 is 14.6 Å². The topological polar surface area (TPSA) is 46.5 Å². The molecule has 1 aromatic rings.